The van der Waals surface area contributed by atoms with Crippen LogP contribution in [0.5, 0.6) is 0 Å². The molecule has 2 unspecified atom stereocenters. The van der Waals surface area contributed by atoms with Crippen LogP contribution < -0.4 is 0 Å². The molecule has 0 aliphatic rings. The van der Waals surface area contributed by atoms with E-state index in [4.69, 9.17) is 5.11 Å². The van der Waals surface area contributed by atoms with Crippen LogP contribution in [0.2, 0.25) is 0 Å². The van der Waals surface area contributed by atoms with Gasteiger partial charge in [-0.1, -0.05) is 12.1 Å². The van der Waals surface area contributed by atoms with Crippen molar-refractivity contribution in [2.24, 2.45) is 4.99 Å². The summed E-state index contributed by atoms with van der Waals surface area (Å²) < 4.78 is 50.2. The second kappa shape index (κ2) is 5.81. The Morgan fingerprint density at radius 3 is 2.53 bits per heavy atom. The van der Waals surface area contributed by atoms with Crippen molar-refractivity contribution in [3.05, 3.63) is 35.4 Å². The van der Waals surface area contributed by atoms with Crippen LogP contribution in [-0.4, -0.2) is 29.5 Å². The second-order valence-electron chi connectivity index (χ2n) is 3.86. The Morgan fingerprint density at radius 1 is 1.42 bits per heavy atom. The molecule has 2 atom stereocenters. The number of carbonyl (C=O) groups is 1. The van der Waals surface area contributed by atoms with Gasteiger partial charge in [0.05, 0.1) is 5.56 Å². The van der Waals surface area contributed by atoms with Crippen molar-refractivity contribution in [2.75, 3.05) is 0 Å². The monoisotopic (exact) mass is 277 g/mol. The minimum Gasteiger partial charge on any atom is -0.480 e. The van der Waals surface area contributed by atoms with Crippen molar-refractivity contribution in [3.8, 4) is 0 Å². The first kappa shape index (κ1) is 15.1. The van der Waals surface area contributed by atoms with Crippen LogP contribution in [0.1, 0.15) is 18.1 Å². The third-order valence-electron chi connectivity index (χ3n) is 2.29. The Morgan fingerprint density at radius 2 is 2.05 bits per heavy atom. The Labute approximate surface area is 106 Å². The molecule has 1 aromatic rings. The summed E-state index contributed by atoms with van der Waals surface area (Å²) in [5, 5.41) is 8.67. The Balaban J connectivity index is 2.96. The van der Waals surface area contributed by atoms with Gasteiger partial charge in [0.2, 0.25) is 0 Å². The molecule has 0 radical (unpaired) electrons. The number of alkyl halides is 4. The quantitative estimate of drug-likeness (QED) is 0.679. The summed E-state index contributed by atoms with van der Waals surface area (Å²) in [5.74, 6) is -1.47. The van der Waals surface area contributed by atoms with E-state index in [1.54, 1.807) is 0 Å². The van der Waals surface area contributed by atoms with Crippen LogP contribution >= 0.6 is 0 Å². The minimum absolute atomic E-state index is 0.0572. The Hall–Kier alpha value is -1.92. The molecule has 1 aromatic carbocycles. The number of rotatable bonds is 4. The highest BCUT2D eigenvalue weighted by Gasteiger charge is 2.30. The van der Waals surface area contributed by atoms with Crippen LogP contribution in [0.25, 0.3) is 0 Å². The van der Waals surface area contributed by atoms with Crippen molar-refractivity contribution in [1.29, 1.82) is 0 Å². The maximum absolute atomic E-state index is 12.9. The number of aliphatic imine (C=N–C) groups is 1. The first-order valence-corrected chi connectivity index (χ1v) is 5.29. The summed E-state index contributed by atoms with van der Waals surface area (Å²) >= 11 is 0. The van der Waals surface area contributed by atoms with Gasteiger partial charge in [0.15, 0.2) is 6.04 Å². The van der Waals surface area contributed by atoms with Crippen LogP contribution in [0, 0.1) is 0 Å². The van der Waals surface area contributed by atoms with Gasteiger partial charge in [-0.2, -0.15) is 13.2 Å². The van der Waals surface area contributed by atoms with E-state index in [-0.39, 0.29) is 5.56 Å². The highest BCUT2D eigenvalue weighted by molar-refractivity contribution is 5.83. The zero-order valence-electron chi connectivity index (χ0n) is 9.86. The number of aliphatic carboxylic acids is 1. The lowest BCUT2D eigenvalue weighted by Crippen LogP contribution is -2.27. The van der Waals surface area contributed by atoms with E-state index < -0.39 is 29.9 Å². The molecule has 0 heterocycles. The van der Waals surface area contributed by atoms with E-state index in [0.717, 1.165) is 25.3 Å². The van der Waals surface area contributed by atoms with Gasteiger partial charge in [-0.3, -0.25) is 4.99 Å². The Bertz CT molecular complexity index is 483. The number of hydrogen-bond donors (Lipinski definition) is 1. The zero-order valence-corrected chi connectivity index (χ0v) is 9.86. The van der Waals surface area contributed by atoms with Gasteiger partial charge in [0.1, 0.15) is 6.17 Å². The summed E-state index contributed by atoms with van der Waals surface area (Å²) in [6, 6.07) is 2.55. The van der Waals surface area contributed by atoms with Crippen LogP contribution in [0.4, 0.5) is 17.6 Å². The number of carboxylic acid groups (broad SMARTS) is 1. The van der Waals surface area contributed by atoms with Crippen molar-refractivity contribution >= 4 is 12.2 Å². The van der Waals surface area contributed by atoms with Crippen molar-refractivity contribution in [1.82, 2.24) is 0 Å². The molecule has 0 fully saturated rings. The van der Waals surface area contributed by atoms with E-state index in [1.165, 1.54) is 12.1 Å². The molecule has 0 saturated heterocycles. The topological polar surface area (TPSA) is 49.7 Å². The fourth-order valence-electron chi connectivity index (χ4n) is 1.34. The molecule has 0 bridgehead atoms. The maximum Gasteiger partial charge on any atom is 0.416 e. The molecule has 0 saturated carbocycles. The molecular weight excluding hydrogens is 266 g/mol. The number of hydrogen-bond acceptors (Lipinski definition) is 2. The van der Waals surface area contributed by atoms with Crippen LogP contribution in [-0.2, 0) is 11.0 Å². The molecule has 0 aromatic heterocycles. The average Bonchev–Trinajstić information content (AvgIpc) is 2.27. The normalized spacial score (nSPS) is 15.4. The standard InChI is InChI=1S/C12H11F4NO2/c1-7(13)10(11(18)19)17-6-8-3-2-4-9(5-8)12(14,15)16/h2-7,10H,1H3,(H,18,19). The van der Waals surface area contributed by atoms with E-state index in [2.05, 4.69) is 4.99 Å². The molecule has 7 heteroatoms. The maximum atomic E-state index is 12.9. The smallest absolute Gasteiger partial charge is 0.416 e. The van der Waals surface area contributed by atoms with Gasteiger partial charge in [0.25, 0.3) is 0 Å². The summed E-state index contributed by atoms with van der Waals surface area (Å²) in [6.45, 7) is 1.02. The largest absolute Gasteiger partial charge is 0.480 e. The van der Waals surface area contributed by atoms with Gasteiger partial charge in [0, 0.05) is 6.21 Å². The third-order valence-corrected chi connectivity index (χ3v) is 2.29. The number of carboxylic acids is 1. The highest BCUT2D eigenvalue weighted by Crippen LogP contribution is 2.29. The number of halogens is 4. The summed E-state index contributed by atoms with van der Waals surface area (Å²) in [4.78, 5) is 14.1. The van der Waals surface area contributed by atoms with Gasteiger partial charge in [-0.15, -0.1) is 0 Å². The minimum atomic E-state index is -4.50. The van der Waals surface area contributed by atoms with E-state index in [0.29, 0.717) is 0 Å². The first-order chi connectivity index (χ1) is 8.71. The molecule has 3 nitrogen and oxygen atoms in total. The molecule has 19 heavy (non-hydrogen) atoms. The van der Waals surface area contributed by atoms with Gasteiger partial charge in [-0.25, -0.2) is 9.18 Å². The SMILES string of the molecule is CC(F)C(N=Cc1cccc(C(F)(F)F)c1)C(=O)O. The average molecular weight is 277 g/mol. The lowest BCUT2D eigenvalue weighted by molar-refractivity contribution is -0.140. The van der Waals surface area contributed by atoms with Gasteiger partial charge >= 0.3 is 12.1 Å². The lowest BCUT2D eigenvalue weighted by Gasteiger charge is -2.09. The molecular formula is C12H11F4NO2. The van der Waals surface area contributed by atoms with Gasteiger partial charge in [-0.05, 0) is 24.6 Å². The van der Waals surface area contributed by atoms with Crippen LogP contribution in [0.3, 0.4) is 0 Å². The predicted molar refractivity (Wildman–Crippen MR) is 61.0 cm³/mol. The highest BCUT2D eigenvalue weighted by atomic mass is 19.4. The van der Waals surface area contributed by atoms with Gasteiger partial charge < -0.3 is 5.11 Å². The summed E-state index contributed by atoms with van der Waals surface area (Å²) in [7, 11) is 0. The van der Waals surface area contributed by atoms with Crippen molar-refractivity contribution < 1.29 is 27.5 Å². The van der Waals surface area contributed by atoms with Crippen LogP contribution in [0.15, 0.2) is 29.3 Å². The van der Waals surface area contributed by atoms with Crippen molar-refractivity contribution in [2.45, 2.75) is 25.3 Å². The van der Waals surface area contributed by atoms with E-state index >= 15 is 0 Å². The fourth-order valence-corrected chi connectivity index (χ4v) is 1.34. The zero-order chi connectivity index (χ0) is 14.6. The van der Waals surface area contributed by atoms with Crippen molar-refractivity contribution in [3.63, 3.8) is 0 Å². The lowest BCUT2D eigenvalue weighted by atomic mass is 10.1. The molecule has 1 rings (SSSR count). The Kier molecular flexibility index (Phi) is 4.63. The molecule has 0 aliphatic carbocycles. The number of nitrogens with zero attached hydrogens (tertiary/aromatic N) is 1. The molecule has 1 N–H and O–H groups in total. The number of benzene rings is 1. The molecule has 0 amide bonds. The first-order valence-electron chi connectivity index (χ1n) is 5.29. The molecule has 0 spiro atoms. The van der Waals surface area contributed by atoms with E-state index in [9.17, 15) is 22.4 Å². The molecule has 104 valence electrons. The molecule has 0 aliphatic heterocycles. The summed E-state index contributed by atoms with van der Waals surface area (Å²) in [5.41, 5.74) is -0.821. The van der Waals surface area contributed by atoms with E-state index in [1.807, 2.05) is 0 Å². The fraction of sp³-hybridized carbons (Fsp3) is 0.333. The predicted octanol–water partition coefficient (Wildman–Crippen LogP) is 2.94. The summed E-state index contributed by atoms with van der Waals surface area (Å²) in [6.07, 6.45) is -5.31. The second-order valence-corrected chi connectivity index (χ2v) is 3.86. The third kappa shape index (κ3) is 4.35.